The fourth-order valence-corrected chi connectivity index (χ4v) is 2.60. The second kappa shape index (κ2) is 7.52. The Kier molecular flexibility index (Phi) is 5.68. The Bertz CT molecular complexity index is 825. The van der Waals surface area contributed by atoms with Crippen LogP contribution >= 0.6 is 12.2 Å². The van der Waals surface area contributed by atoms with Crippen molar-refractivity contribution in [3.05, 3.63) is 38.9 Å². The lowest BCUT2D eigenvalue weighted by atomic mass is 10.1. The van der Waals surface area contributed by atoms with E-state index in [4.69, 9.17) is 17.3 Å². The highest BCUT2D eigenvalue weighted by Crippen LogP contribution is 2.13. The molecule has 1 aromatic heterocycles. The van der Waals surface area contributed by atoms with Crippen LogP contribution in [-0.4, -0.2) is 45.2 Å². The summed E-state index contributed by atoms with van der Waals surface area (Å²) in [7, 11) is 1.60. The molecule has 0 saturated heterocycles. The number of aromatic nitrogens is 2. The van der Waals surface area contributed by atoms with Crippen molar-refractivity contribution in [3.63, 3.8) is 0 Å². The van der Waals surface area contributed by atoms with Crippen molar-refractivity contribution in [1.82, 2.24) is 14.5 Å². The third-order valence-corrected chi connectivity index (χ3v) is 4.16. The van der Waals surface area contributed by atoms with Gasteiger partial charge in [-0.2, -0.15) is 0 Å². The van der Waals surface area contributed by atoms with Gasteiger partial charge in [0.1, 0.15) is 0 Å². The normalized spacial score (nSPS) is 10.9. The minimum atomic E-state index is -0.194. The molecule has 0 aliphatic rings. The van der Waals surface area contributed by atoms with Gasteiger partial charge in [0.15, 0.2) is 4.77 Å². The number of fused-ring (bicyclic) bond motifs is 1. The number of nitrogens with one attached hydrogen (secondary N) is 1. The van der Waals surface area contributed by atoms with Crippen LogP contribution in [0.4, 0.5) is 0 Å². The maximum atomic E-state index is 12.6. The molecule has 0 unspecified atom stereocenters. The molecule has 7 heteroatoms. The molecule has 1 aromatic carbocycles. The van der Waals surface area contributed by atoms with Gasteiger partial charge in [-0.15, -0.1) is 0 Å². The number of benzene rings is 1. The minimum absolute atomic E-state index is 0.0774. The van der Waals surface area contributed by atoms with Crippen LogP contribution in [-0.2, 0) is 7.05 Å². The number of aliphatic hydroxyl groups is 1. The summed E-state index contributed by atoms with van der Waals surface area (Å²) in [6, 6.07) is 4.91. The highest BCUT2D eigenvalue weighted by atomic mass is 32.1. The molecule has 0 fully saturated rings. The number of hydrogen-bond acceptors (Lipinski definition) is 4. The van der Waals surface area contributed by atoms with Crippen LogP contribution in [0, 0.1) is 4.77 Å². The Balaban J connectivity index is 2.43. The van der Waals surface area contributed by atoms with Crippen LogP contribution in [0.25, 0.3) is 10.9 Å². The average molecular weight is 335 g/mol. The zero-order valence-electron chi connectivity index (χ0n) is 13.3. The van der Waals surface area contributed by atoms with E-state index < -0.39 is 0 Å². The SMILES string of the molecule is CCCCN(CCO)C(=O)c1ccc2c(=O)n(C)c(=S)[nH]c2c1. The van der Waals surface area contributed by atoms with Gasteiger partial charge in [-0.25, -0.2) is 0 Å². The number of nitrogens with zero attached hydrogens (tertiary/aromatic N) is 2. The molecule has 0 atom stereocenters. The number of rotatable bonds is 6. The number of unbranched alkanes of at least 4 members (excludes halogenated alkanes) is 1. The molecule has 1 heterocycles. The zero-order chi connectivity index (χ0) is 17.0. The van der Waals surface area contributed by atoms with E-state index in [2.05, 4.69) is 4.98 Å². The highest BCUT2D eigenvalue weighted by molar-refractivity contribution is 7.71. The van der Waals surface area contributed by atoms with Crippen LogP contribution in [0.5, 0.6) is 0 Å². The van der Waals surface area contributed by atoms with Gasteiger partial charge in [-0.05, 0) is 36.8 Å². The topological polar surface area (TPSA) is 78.3 Å². The van der Waals surface area contributed by atoms with Crippen LogP contribution in [0.1, 0.15) is 30.1 Å². The number of aromatic amines is 1. The molecule has 0 radical (unpaired) electrons. The predicted octanol–water partition coefficient (Wildman–Crippen LogP) is 1.83. The largest absolute Gasteiger partial charge is 0.395 e. The fourth-order valence-electron chi connectivity index (χ4n) is 2.41. The van der Waals surface area contributed by atoms with Crippen LogP contribution < -0.4 is 5.56 Å². The first-order valence-corrected chi connectivity index (χ1v) is 8.03. The Morgan fingerprint density at radius 2 is 2.13 bits per heavy atom. The standard InChI is InChI=1S/C16H21N3O3S/c1-3-4-7-19(8-9-20)14(21)11-5-6-12-13(10-11)17-16(23)18(2)15(12)22/h5-6,10,20H,3-4,7-9H2,1-2H3,(H,17,23). The van der Waals surface area contributed by atoms with Crippen LogP contribution in [0.2, 0.25) is 0 Å². The first-order chi connectivity index (χ1) is 11.0. The maximum Gasteiger partial charge on any atom is 0.261 e. The first-order valence-electron chi connectivity index (χ1n) is 7.62. The molecule has 1 amide bonds. The number of amides is 1. The van der Waals surface area contributed by atoms with Crippen molar-refractivity contribution in [2.24, 2.45) is 7.05 Å². The molecule has 124 valence electrons. The van der Waals surface area contributed by atoms with E-state index in [9.17, 15) is 9.59 Å². The summed E-state index contributed by atoms with van der Waals surface area (Å²) in [5.41, 5.74) is 0.824. The van der Waals surface area contributed by atoms with E-state index in [1.807, 2.05) is 6.92 Å². The van der Waals surface area contributed by atoms with Gasteiger partial charge in [0, 0.05) is 25.7 Å². The van der Waals surface area contributed by atoms with Gasteiger partial charge >= 0.3 is 0 Å². The van der Waals surface area contributed by atoms with Crippen LogP contribution in [0.15, 0.2) is 23.0 Å². The van der Waals surface area contributed by atoms with Gasteiger partial charge in [0.05, 0.1) is 17.5 Å². The Hall–Kier alpha value is -1.99. The van der Waals surface area contributed by atoms with E-state index in [1.165, 1.54) is 4.57 Å². The van der Waals surface area contributed by atoms with E-state index in [0.29, 0.717) is 34.3 Å². The van der Waals surface area contributed by atoms with Gasteiger partial charge in [0.2, 0.25) is 0 Å². The second-order valence-corrected chi connectivity index (χ2v) is 5.81. The molecular weight excluding hydrogens is 314 g/mol. The summed E-state index contributed by atoms with van der Waals surface area (Å²) >= 11 is 5.11. The summed E-state index contributed by atoms with van der Waals surface area (Å²) < 4.78 is 1.67. The van der Waals surface area contributed by atoms with Crippen molar-refractivity contribution >= 4 is 29.0 Å². The summed E-state index contributed by atoms with van der Waals surface area (Å²) in [6.45, 7) is 2.86. The quantitative estimate of drug-likeness (QED) is 0.790. The van der Waals surface area contributed by atoms with Crippen molar-refractivity contribution < 1.29 is 9.90 Å². The minimum Gasteiger partial charge on any atom is -0.395 e. The molecule has 0 spiro atoms. The van der Waals surface area contributed by atoms with Gasteiger partial charge in [-0.1, -0.05) is 13.3 Å². The predicted molar refractivity (Wildman–Crippen MR) is 92.3 cm³/mol. The smallest absolute Gasteiger partial charge is 0.261 e. The van der Waals surface area contributed by atoms with E-state index in [-0.39, 0.29) is 18.1 Å². The summed E-state index contributed by atoms with van der Waals surface area (Å²) in [6.07, 6.45) is 1.85. The van der Waals surface area contributed by atoms with E-state index in [0.717, 1.165) is 12.8 Å². The Labute approximate surface area is 139 Å². The first kappa shape index (κ1) is 17.4. The van der Waals surface area contributed by atoms with E-state index in [1.54, 1.807) is 30.1 Å². The molecule has 0 aliphatic carbocycles. The number of carbonyl (C=O) groups is 1. The average Bonchev–Trinajstić information content (AvgIpc) is 2.55. The molecule has 0 aliphatic heterocycles. The van der Waals surface area contributed by atoms with Gasteiger partial charge < -0.3 is 15.0 Å². The van der Waals surface area contributed by atoms with E-state index >= 15 is 0 Å². The lowest BCUT2D eigenvalue weighted by Crippen LogP contribution is -2.34. The highest BCUT2D eigenvalue weighted by Gasteiger charge is 2.16. The number of H-pyrrole nitrogens is 1. The number of aliphatic hydroxyl groups excluding tert-OH is 1. The fraction of sp³-hybridized carbons (Fsp3) is 0.438. The maximum absolute atomic E-state index is 12.6. The second-order valence-electron chi connectivity index (χ2n) is 5.42. The molecule has 6 nitrogen and oxygen atoms in total. The van der Waals surface area contributed by atoms with Crippen LogP contribution in [0.3, 0.4) is 0 Å². The third kappa shape index (κ3) is 3.68. The lowest BCUT2D eigenvalue weighted by molar-refractivity contribution is 0.0719. The van der Waals surface area contributed by atoms with Gasteiger partial charge in [0.25, 0.3) is 11.5 Å². The number of carbonyl (C=O) groups excluding carboxylic acids is 1. The molecule has 2 rings (SSSR count). The van der Waals surface area contributed by atoms with Crippen molar-refractivity contribution in [1.29, 1.82) is 0 Å². The lowest BCUT2D eigenvalue weighted by Gasteiger charge is -2.21. The number of hydrogen-bond donors (Lipinski definition) is 2. The molecule has 0 saturated carbocycles. The van der Waals surface area contributed by atoms with Crippen molar-refractivity contribution in [2.75, 3.05) is 19.7 Å². The molecule has 23 heavy (non-hydrogen) atoms. The Morgan fingerprint density at radius 1 is 1.39 bits per heavy atom. The van der Waals surface area contributed by atoms with Crippen molar-refractivity contribution in [2.45, 2.75) is 19.8 Å². The summed E-state index contributed by atoms with van der Waals surface area (Å²) in [5, 5.41) is 9.63. The summed E-state index contributed by atoms with van der Waals surface area (Å²) in [5.74, 6) is -0.158. The molecule has 2 N–H and O–H groups in total. The van der Waals surface area contributed by atoms with Gasteiger partial charge in [-0.3, -0.25) is 14.2 Å². The molecular formula is C16H21N3O3S. The molecule has 0 bridgehead atoms. The Morgan fingerprint density at radius 3 is 2.78 bits per heavy atom. The molecule has 2 aromatic rings. The summed E-state index contributed by atoms with van der Waals surface area (Å²) in [4.78, 5) is 29.4. The zero-order valence-corrected chi connectivity index (χ0v) is 14.2. The monoisotopic (exact) mass is 335 g/mol. The van der Waals surface area contributed by atoms with Crippen molar-refractivity contribution in [3.8, 4) is 0 Å². The third-order valence-electron chi connectivity index (χ3n) is 3.79.